The summed E-state index contributed by atoms with van der Waals surface area (Å²) in [5.74, 6) is -1.07. The molecule has 3 amide bonds. The van der Waals surface area contributed by atoms with E-state index in [0.29, 0.717) is 45.8 Å². The number of hydrogen-bond donors (Lipinski definition) is 5. The molecule has 1 fully saturated rings. The third-order valence-corrected chi connectivity index (χ3v) is 18.2. The normalized spacial score (nSPS) is 14.2. The van der Waals surface area contributed by atoms with Crippen LogP contribution in [0.4, 0.5) is 5.69 Å². The van der Waals surface area contributed by atoms with Crippen molar-refractivity contribution < 1.29 is 40.2 Å². The minimum Gasteiger partial charge on any atom is -0.744 e. The number of unbranched alkanes of at least 4 members (excludes halogenated alkanes) is 1. The number of benzene rings is 4. The molecule has 1 aliphatic carbocycles. The smallest absolute Gasteiger partial charge is 0.243 e. The molecule has 0 bridgehead atoms. The summed E-state index contributed by atoms with van der Waals surface area (Å²) in [5, 5.41) is 20.1. The summed E-state index contributed by atoms with van der Waals surface area (Å²) in [6.07, 6.45) is 5.33. The Morgan fingerprint density at radius 1 is 0.877 bits per heavy atom. The molecular weight excluding hydrogens is 1090 g/mol. The third kappa shape index (κ3) is 14.9. The molecule has 0 unspecified atom stereocenters. The zero-order valence-electron chi connectivity index (χ0n) is 46.7. The van der Waals surface area contributed by atoms with Crippen molar-refractivity contribution in [2.75, 3.05) is 57.8 Å². The second-order valence-electron chi connectivity index (χ2n) is 20.5. The minimum atomic E-state index is -5.29. The molecule has 5 N–H and O–H groups in total. The monoisotopic (exact) mass is 1160 g/mol. The van der Waals surface area contributed by atoms with Crippen molar-refractivity contribution >= 4 is 65.9 Å². The van der Waals surface area contributed by atoms with Gasteiger partial charge in [0.25, 0.3) is 0 Å². The van der Waals surface area contributed by atoms with Gasteiger partial charge in [-0.25, -0.2) is 31.1 Å². The average molecular weight is 1160 g/mol. The number of likely N-dealkylation sites (tertiary alicyclic amines) is 1. The van der Waals surface area contributed by atoms with Crippen LogP contribution >= 0.6 is 11.3 Å². The van der Waals surface area contributed by atoms with Crippen LogP contribution in [0.2, 0.25) is 0 Å². The van der Waals surface area contributed by atoms with Crippen molar-refractivity contribution in [2.24, 2.45) is 7.05 Å². The summed E-state index contributed by atoms with van der Waals surface area (Å²) in [7, 11) is -6.03. The van der Waals surface area contributed by atoms with Crippen molar-refractivity contribution in [2.45, 2.75) is 107 Å². The zero-order valence-corrected chi connectivity index (χ0v) is 49.2. The Balaban J connectivity index is 1.02. The van der Waals surface area contributed by atoms with Gasteiger partial charge in [-0.1, -0.05) is 36.4 Å². The molecule has 432 valence electrons. The molecule has 1 saturated heterocycles. The van der Waals surface area contributed by atoms with Gasteiger partial charge in [-0.2, -0.15) is 0 Å². The van der Waals surface area contributed by atoms with Gasteiger partial charge in [0.15, 0.2) is 4.80 Å². The molecule has 23 heteroatoms. The number of hydrogen-bond acceptors (Lipinski definition) is 14. The van der Waals surface area contributed by atoms with Crippen LogP contribution in [0.3, 0.4) is 0 Å². The van der Waals surface area contributed by atoms with Gasteiger partial charge in [0.2, 0.25) is 33.1 Å². The molecular formula is C58H73N11O9S3. The lowest BCUT2D eigenvalue weighted by atomic mass is 9.93. The largest absolute Gasteiger partial charge is 0.744 e. The zero-order chi connectivity index (χ0) is 58.0. The second kappa shape index (κ2) is 26.7. The van der Waals surface area contributed by atoms with Gasteiger partial charge in [0.05, 0.1) is 34.3 Å². The number of imidazole rings is 1. The van der Waals surface area contributed by atoms with E-state index in [-0.39, 0.29) is 61.0 Å². The van der Waals surface area contributed by atoms with Crippen molar-refractivity contribution in [3.8, 4) is 22.5 Å². The van der Waals surface area contributed by atoms with E-state index in [1.54, 1.807) is 23.3 Å². The fourth-order valence-electron chi connectivity index (χ4n) is 10.4. The third-order valence-electron chi connectivity index (χ3n) is 15.0. The molecule has 3 aromatic carbocycles. The summed E-state index contributed by atoms with van der Waals surface area (Å²) in [6.45, 7) is 13.0. The molecule has 20 nitrogen and oxygen atoms in total. The molecule has 0 saturated carbocycles. The molecule has 4 heterocycles. The Kier molecular flexibility index (Phi) is 19.8. The number of nitrogens with one attached hydrogen (secondary N) is 5. The topological polar surface area (TPSA) is 260 Å². The molecule has 3 aliphatic rings. The predicted molar refractivity (Wildman–Crippen MR) is 312 cm³/mol. The number of fused-ring (bicyclic) bond motifs is 2. The number of carbonyl (C=O) groups excluding carboxylic acids is 3. The highest BCUT2D eigenvalue weighted by molar-refractivity contribution is 7.89. The lowest BCUT2D eigenvalue weighted by Crippen LogP contribution is -2.56. The predicted octanol–water partition coefficient (Wildman–Crippen LogP) is 5.01. The lowest BCUT2D eigenvalue weighted by Gasteiger charge is -2.31. The summed E-state index contributed by atoms with van der Waals surface area (Å²) in [6, 6.07) is 22.2. The molecule has 5 aromatic rings. The van der Waals surface area contributed by atoms with Crippen LogP contribution in [0.25, 0.3) is 33.4 Å². The first-order chi connectivity index (χ1) is 38.8. The highest BCUT2D eigenvalue weighted by Gasteiger charge is 2.31. The number of carbonyl (C=O) groups is 3. The van der Waals surface area contributed by atoms with Crippen LogP contribution in [0, 0.1) is 5.41 Å². The van der Waals surface area contributed by atoms with E-state index in [2.05, 4.69) is 40.0 Å². The Hall–Kier alpha value is -7.02. The number of amides is 3. The summed E-state index contributed by atoms with van der Waals surface area (Å²) in [5.41, 5.74) is 4.45. The SMILES string of the molecule is CCN(CC)c1ccc2c(-c3ccc(S(=O)(=O)NCCCC[C@H](NC(=O)Cc4csc(=N)n4C)C(=O)N[C@@H](Cc4cn(Cc5ccccc5)cn4)C(=O)NC4CCN(C)CC4)cc3S(=O)(=O)[O-])c3ccc(=[N+](CC)CC)cc-3oc2c1. The number of sulfonamides is 1. The molecule has 2 atom stereocenters. The fraction of sp³-hybridized carbons (Fsp3) is 0.414. The number of nitrogens with zero attached hydrogens (tertiary/aromatic N) is 6. The van der Waals surface area contributed by atoms with E-state index in [1.807, 2.05) is 112 Å². The first kappa shape index (κ1) is 60.1. The Morgan fingerprint density at radius 3 is 2.28 bits per heavy atom. The number of rotatable bonds is 25. The Labute approximate surface area is 477 Å². The minimum absolute atomic E-state index is 0.0134. The lowest BCUT2D eigenvalue weighted by molar-refractivity contribution is -0.132. The second-order valence-corrected chi connectivity index (χ2v) is 24.4. The quantitative estimate of drug-likeness (QED) is 0.0219. The first-order valence-electron chi connectivity index (χ1n) is 27.5. The van der Waals surface area contributed by atoms with Crippen molar-refractivity contribution in [3.63, 3.8) is 0 Å². The van der Waals surface area contributed by atoms with Gasteiger partial charge in [0.1, 0.15) is 46.6 Å². The maximum Gasteiger partial charge on any atom is 0.243 e. The molecule has 2 aliphatic heterocycles. The van der Waals surface area contributed by atoms with E-state index in [0.717, 1.165) is 86.1 Å². The molecule has 2 aromatic heterocycles. The molecule has 0 spiro atoms. The van der Waals surface area contributed by atoms with Gasteiger partial charge in [0, 0.05) is 103 Å². The fourth-order valence-corrected chi connectivity index (χ4v) is 13.0. The average Bonchev–Trinajstić information content (AvgIpc) is 4.09. The Morgan fingerprint density at radius 2 is 1.60 bits per heavy atom. The molecule has 81 heavy (non-hydrogen) atoms. The maximum atomic E-state index is 14.5. The van der Waals surface area contributed by atoms with E-state index in [9.17, 15) is 35.8 Å². The Bertz CT molecular complexity index is 3690. The van der Waals surface area contributed by atoms with E-state index in [1.165, 1.54) is 12.1 Å². The van der Waals surface area contributed by atoms with Crippen LogP contribution in [-0.4, -0.2) is 129 Å². The van der Waals surface area contributed by atoms with Crippen molar-refractivity contribution in [1.29, 1.82) is 5.41 Å². The summed E-state index contributed by atoms with van der Waals surface area (Å²) < 4.78 is 82.6. The van der Waals surface area contributed by atoms with Crippen LogP contribution in [0.15, 0.2) is 117 Å². The highest BCUT2D eigenvalue weighted by Crippen LogP contribution is 2.43. The van der Waals surface area contributed by atoms with Gasteiger partial charge in [-0.15, -0.1) is 11.3 Å². The first-order valence-corrected chi connectivity index (χ1v) is 31.3. The number of piperidine rings is 1. The van der Waals surface area contributed by atoms with Gasteiger partial charge >= 0.3 is 0 Å². The van der Waals surface area contributed by atoms with E-state index in [4.69, 9.17) is 9.83 Å². The number of anilines is 1. The van der Waals surface area contributed by atoms with Crippen LogP contribution in [-0.2, 0) is 61.0 Å². The van der Waals surface area contributed by atoms with Crippen LogP contribution < -0.4 is 40.3 Å². The highest BCUT2D eigenvalue weighted by atomic mass is 32.2. The molecule has 0 radical (unpaired) electrons. The summed E-state index contributed by atoms with van der Waals surface area (Å²) in [4.78, 5) is 50.2. The maximum absolute atomic E-state index is 14.5. The van der Waals surface area contributed by atoms with Crippen LogP contribution in [0.1, 0.15) is 76.8 Å². The standard InChI is InChI=1S/C58H73N11O9S3/c1-7-68(8-2)42-19-22-46-51(31-42)78-52-32-43(69(9-3)10-4)20-23-47(52)55(46)48-24-21-45(34-53(48)81(75,76)77)80(73,74)61-27-15-14-18-49(63-54(70)33-44-37-79-58(59)66(44)6)56(71)64-50(57(72)62-40-25-28-65(5)29-26-40)30-41-36-67(38-60-41)35-39-16-12-11-13-17-39/h11-13,16-17,19-24,31-32,34,36-38,40,49-50,59,61H,7-10,14-15,18,25-30,33,35H2,1-6H3,(H3-,62,63,64,70,71,72,75,76,77)/t49-,50-/m0/s1. The van der Waals surface area contributed by atoms with Gasteiger partial charge < -0.3 is 43.9 Å². The number of aromatic nitrogens is 3. The van der Waals surface area contributed by atoms with E-state index >= 15 is 0 Å². The van der Waals surface area contributed by atoms with E-state index < -0.39 is 53.8 Å². The van der Waals surface area contributed by atoms with Gasteiger partial charge in [-0.05, 0) is 116 Å². The van der Waals surface area contributed by atoms with Gasteiger partial charge in [-0.3, -0.25) is 19.8 Å². The van der Waals surface area contributed by atoms with Crippen LogP contribution in [0.5, 0.6) is 0 Å². The molecule has 8 rings (SSSR count). The number of thiazole rings is 1. The van der Waals surface area contributed by atoms with Crippen molar-refractivity contribution in [1.82, 2.24) is 44.3 Å². The van der Waals surface area contributed by atoms with Crippen molar-refractivity contribution in [3.05, 3.63) is 130 Å². The summed E-state index contributed by atoms with van der Waals surface area (Å²) >= 11 is 1.16.